The molecule has 0 aliphatic rings. The molecule has 0 aliphatic carbocycles. The number of alkyl halides is 3. The Morgan fingerprint density at radius 1 is 0.880 bits per heavy atom. The molecular weight excluding hydrogens is 468 g/mol. The fourth-order valence-corrected chi connectivity index (χ4v) is 4.52. The molecule has 0 spiro atoms. The number of rotatable bonds is 2. The number of hydrogen-bond acceptors (Lipinski definition) is 3. The first-order chi connectivity index (χ1) is 11.3. The zero-order chi connectivity index (χ0) is 19.4. The molecule has 0 saturated heterocycles. The van der Waals surface area contributed by atoms with Gasteiger partial charge in [0.15, 0.2) is 17.3 Å². The summed E-state index contributed by atoms with van der Waals surface area (Å²) in [4.78, 5) is 0. The Kier molecular flexibility index (Phi) is 7.45. The summed E-state index contributed by atoms with van der Waals surface area (Å²) >= 11 is -0.0403. The molecule has 0 aromatic heterocycles. The van der Waals surface area contributed by atoms with Crippen LogP contribution in [0, 0.1) is 34.8 Å². The molecule has 2 aromatic carbocycles. The van der Waals surface area contributed by atoms with Crippen LogP contribution in [0.5, 0.6) is 0 Å². The monoisotopic (exact) mass is 486 g/mol. The van der Waals surface area contributed by atoms with Gasteiger partial charge in [0.2, 0.25) is 0 Å². The molecule has 0 heterocycles. The maximum Gasteiger partial charge on any atom is 0.485 e. The molecule has 0 unspecified atom stereocenters. The van der Waals surface area contributed by atoms with E-state index in [-0.39, 0.29) is 21.2 Å². The highest BCUT2D eigenvalue weighted by Crippen LogP contribution is 2.20. The van der Waals surface area contributed by atoms with Crippen molar-refractivity contribution in [3.05, 3.63) is 65.8 Å². The second-order valence-corrected chi connectivity index (χ2v) is 9.74. The van der Waals surface area contributed by atoms with Gasteiger partial charge in [-0.1, -0.05) is 35.4 Å². The average molecular weight is 486 g/mol. The van der Waals surface area contributed by atoms with Gasteiger partial charge >= 0.3 is 26.7 Å². The van der Waals surface area contributed by atoms with Gasteiger partial charge in [0.1, 0.15) is 0 Å². The minimum absolute atomic E-state index is 0.0403. The van der Waals surface area contributed by atoms with Crippen LogP contribution in [-0.2, 0) is 10.1 Å². The van der Waals surface area contributed by atoms with Crippen LogP contribution in [-0.4, -0.2) is 18.5 Å². The van der Waals surface area contributed by atoms with Crippen LogP contribution in [0.25, 0.3) is 0 Å². The predicted octanol–water partition coefficient (Wildman–Crippen LogP) is 1.10. The van der Waals surface area contributed by atoms with Crippen LogP contribution in [0.1, 0.15) is 22.3 Å². The van der Waals surface area contributed by atoms with Crippen molar-refractivity contribution in [2.24, 2.45) is 0 Å². The van der Waals surface area contributed by atoms with Gasteiger partial charge in [-0.2, -0.15) is 13.2 Å². The molecule has 3 nitrogen and oxygen atoms in total. The minimum Gasteiger partial charge on any atom is -0.741 e. The highest BCUT2D eigenvalue weighted by Gasteiger charge is 2.36. The lowest BCUT2D eigenvalue weighted by Crippen LogP contribution is -3.62. The maximum atomic E-state index is 10.7. The number of hydrogen-bond donors (Lipinski definition) is 0. The lowest BCUT2D eigenvalue weighted by atomic mass is 10.1. The van der Waals surface area contributed by atoms with Crippen molar-refractivity contribution >= 4 is 10.1 Å². The smallest absolute Gasteiger partial charge is 0.485 e. The van der Waals surface area contributed by atoms with E-state index in [1.54, 1.807) is 3.57 Å². The molecule has 0 radical (unpaired) electrons. The fraction of sp³-hybridized carbons (Fsp3) is 0.294. The standard InChI is InChI=1S/C16H18I.CHF3O3S/c1-11-5-7-15(8-6-11)17-16-13(3)9-12(2)10-14(16)4;2-1(3,4)8(5,6)7/h5-10H,1-4H3;(H,5,6,7)/q+1;/p-1. The Morgan fingerprint density at radius 3 is 1.64 bits per heavy atom. The van der Waals surface area contributed by atoms with Crippen LogP contribution < -0.4 is 21.2 Å². The quantitative estimate of drug-likeness (QED) is 0.363. The van der Waals surface area contributed by atoms with E-state index in [0.29, 0.717) is 0 Å². The first kappa shape index (κ1) is 21.9. The minimum atomic E-state index is -6.09. The Morgan fingerprint density at radius 2 is 1.28 bits per heavy atom. The van der Waals surface area contributed by atoms with Gasteiger partial charge in [0.25, 0.3) is 0 Å². The predicted molar refractivity (Wildman–Crippen MR) is 85.0 cm³/mol. The topological polar surface area (TPSA) is 57.2 Å². The summed E-state index contributed by atoms with van der Waals surface area (Å²) < 4.78 is 62.0. The second kappa shape index (κ2) is 8.50. The highest BCUT2D eigenvalue weighted by molar-refractivity contribution is 7.86. The van der Waals surface area contributed by atoms with E-state index < -0.39 is 15.6 Å². The van der Waals surface area contributed by atoms with Crippen molar-refractivity contribution in [1.82, 2.24) is 0 Å². The number of halogens is 4. The van der Waals surface area contributed by atoms with Crippen molar-refractivity contribution in [3.63, 3.8) is 0 Å². The number of aryl methyl sites for hydroxylation is 4. The molecule has 0 saturated carbocycles. The number of benzene rings is 2. The summed E-state index contributed by atoms with van der Waals surface area (Å²) in [6, 6.07) is 13.6. The Balaban J connectivity index is 0.000000333. The van der Waals surface area contributed by atoms with Crippen LogP contribution in [0.15, 0.2) is 36.4 Å². The van der Waals surface area contributed by atoms with E-state index in [4.69, 9.17) is 13.0 Å². The molecule has 2 aromatic rings. The van der Waals surface area contributed by atoms with Gasteiger partial charge in [0.05, 0.1) is 0 Å². The van der Waals surface area contributed by atoms with Crippen molar-refractivity contribution in [2.45, 2.75) is 33.2 Å². The highest BCUT2D eigenvalue weighted by atomic mass is 127. The zero-order valence-corrected chi connectivity index (χ0v) is 17.1. The first-order valence-electron chi connectivity index (χ1n) is 7.13. The summed E-state index contributed by atoms with van der Waals surface area (Å²) in [5.41, 5.74) is -0.0222. The summed E-state index contributed by atoms with van der Waals surface area (Å²) in [5.74, 6) is 0. The van der Waals surface area contributed by atoms with E-state index in [1.807, 2.05) is 0 Å². The van der Waals surface area contributed by atoms with Crippen LogP contribution >= 0.6 is 0 Å². The van der Waals surface area contributed by atoms with E-state index in [0.717, 1.165) is 0 Å². The SMILES string of the molecule is Cc1ccc([I+]c2c(C)cc(C)cc2C)cc1.O=S(=O)([O-])C(F)(F)F. The molecular formula is C17H18F3IO3S. The molecule has 0 amide bonds. The van der Waals surface area contributed by atoms with Gasteiger partial charge in [0, 0.05) is 11.1 Å². The van der Waals surface area contributed by atoms with Crippen molar-refractivity contribution in [3.8, 4) is 0 Å². The van der Waals surface area contributed by atoms with Crippen molar-refractivity contribution < 1.29 is 47.3 Å². The summed E-state index contributed by atoms with van der Waals surface area (Å²) in [5, 5.41) is 0. The summed E-state index contributed by atoms with van der Waals surface area (Å²) in [6.45, 7) is 8.80. The largest absolute Gasteiger partial charge is 0.741 e. The summed E-state index contributed by atoms with van der Waals surface area (Å²) in [7, 11) is -6.09. The van der Waals surface area contributed by atoms with Crippen LogP contribution in [0.3, 0.4) is 0 Å². The third-order valence-corrected chi connectivity index (χ3v) is 7.23. The molecule has 8 heteroatoms. The van der Waals surface area contributed by atoms with Crippen LogP contribution in [0.2, 0.25) is 0 Å². The molecule has 0 atom stereocenters. The first-order valence-corrected chi connectivity index (χ1v) is 10.7. The summed E-state index contributed by atoms with van der Waals surface area (Å²) in [6.07, 6.45) is 0. The normalized spacial score (nSPS) is 11.7. The second-order valence-electron chi connectivity index (χ2n) is 5.50. The van der Waals surface area contributed by atoms with Gasteiger partial charge in [-0.15, -0.1) is 0 Å². The lowest BCUT2D eigenvalue weighted by Gasteiger charge is -2.08. The Labute approximate surface area is 156 Å². The molecule has 0 N–H and O–H groups in total. The van der Waals surface area contributed by atoms with Gasteiger partial charge in [-0.05, 0) is 39.8 Å². The molecule has 25 heavy (non-hydrogen) atoms. The Hall–Kier alpha value is -1.13. The van der Waals surface area contributed by atoms with Crippen LogP contribution in [0.4, 0.5) is 13.2 Å². The van der Waals surface area contributed by atoms with Crippen molar-refractivity contribution in [2.75, 3.05) is 0 Å². The van der Waals surface area contributed by atoms with E-state index in [9.17, 15) is 13.2 Å². The zero-order valence-electron chi connectivity index (χ0n) is 14.1. The Bertz CT molecular complexity index is 806. The van der Waals surface area contributed by atoms with Gasteiger partial charge in [-0.3, -0.25) is 0 Å². The molecule has 138 valence electrons. The van der Waals surface area contributed by atoms with E-state index >= 15 is 0 Å². The molecule has 0 bridgehead atoms. The van der Waals surface area contributed by atoms with Gasteiger partial charge in [-0.25, -0.2) is 8.42 Å². The molecule has 2 rings (SSSR count). The fourth-order valence-electron chi connectivity index (χ4n) is 2.02. The third-order valence-electron chi connectivity index (χ3n) is 3.08. The van der Waals surface area contributed by atoms with E-state index in [2.05, 4.69) is 64.1 Å². The third kappa shape index (κ3) is 6.95. The van der Waals surface area contributed by atoms with Crippen molar-refractivity contribution in [1.29, 1.82) is 0 Å². The average Bonchev–Trinajstić information content (AvgIpc) is 2.43. The van der Waals surface area contributed by atoms with Gasteiger partial charge < -0.3 is 4.55 Å². The molecule has 0 fully saturated rings. The molecule has 0 aliphatic heterocycles. The lowest BCUT2D eigenvalue weighted by molar-refractivity contribution is -0.598. The van der Waals surface area contributed by atoms with E-state index in [1.165, 1.54) is 25.8 Å². The maximum absolute atomic E-state index is 10.7.